The van der Waals surface area contributed by atoms with Crippen LogP contribution >= 0.6 is 0 Å². The van der Waals surface area contributed by atoms with Crippen molar-refractivity contribution in [3.05, 3.63) is 35.4 Å². The van der Waals surface area contributed by atoms with Gasteiger partial charge in [-0.15, -0.1) is 0 Å². The number of carbonyl (C=O) groups excluding carboxylic acids is 1. The number of rotatable bonds is 3. The van der Waals surface area contributed by atoms with Gasteiger partial charge in [-0.3, -0.25) is 4.79 Å². The van der Waals surface area contributed by atoms with Gasteiger partial charge in [0.25, 0.3) is 0 Å². The molecule has 3 heteroatoms. The predicted molar refractivity (Wildman–Crippen MR) is 56.2 cm³/mol. The van der Waals surface area contributed by atoms with E-state index in [0.29, 0.717) is 12.2 Å². The highest BCUT2D eigenvalue weighted by Crippen LogP contribution is 2.20. The number of nitriles is 1. The summed E-state index contributed by atoms with van der Waals surface area (Å²) in [5.41, 5.74) is 1.25. The van der Waals surface area contributed by atoms with Crippen LogP contribution in [0.2, 0.25) is 0 Å². The third kappa shape index (κ3) is 2.57. The summed E-state index contributed by atoms with van der Waals surface area (Å²) in [4.78, 5) is 11.5. The summed E-state index contributed by atoms with van der Waals surface area (Å²) in [6, 6.07) is 9.13. The lowest BCUT2D eigenvalue weighted by Crippen LogP contribution is -2.14. The van der Waals surface area contributed by atoms with Gasteiger partial charge in [-0.25, -0.2) is 0 Å². The first-order chi connectivity index (χ1) is 7.20. The number of carbonyl (C=O) groups is 1. The standard InChI is InChI=1S/C12H13NO2/c1-3-15-12(14)9(2)11-7-5-4-6-10(11)8-13/h4-7,9H,3H2,1-2H3/t9-/m1/s1. The SMILES string of the molecule is CCOC(=O)[C@H](C)c1ccccc1C#N. The Morgan fingerprint density at radius 1 is 1.53 bits per heavy atom. The Morgan fingerprint density at radius 2 is 2.20 bits per heavy atom. The fourth-order valence-corrected chi connectivity index (χ4v) is 1.37. The van der Waals surface area contributed by atoms with Crippen LogP contribution in [0.3, 0.4) is 0 Å². The Kier molecular flexibility index (Phi) is 3.87. The van der Waals surface area contributed by atoms with E-state index in [-0.39, 0.29) is 11.9 Å². The molecule has 0 aliphatic rings. The van der Waals surface area contributed by atoms with Crippen LogP contribution in [0, 0.1) is 11.3 Å². The Balaban J connectivity index is 2.96. The first kappa shape index (κ1) is 11.3. The zero-order valence-corrected chi connectivity index (χ0v) is 8.86. The van der Waals surface area contributed by atoms with Crippen LogP contribution in [0.4, 0.5) is 0 Å². The van der Waals surface area contributed by atoms with Crippen molar-refractivity contribution in [2.75, 3.05) is 6.61 Å². The van der Waals surface area contributed by atoms with Crippen molar-refractivity contribution in [2.45, 2.75) is 19.8 Å². The summed E-state index contributed by atoms with van der Waals surface area (Å²) >= 11 is 0. The van der Waals surface area contributed by atoms with E-state index in [1.807, 2.05) is 6.07 Å². The van der Waals surface area contributed by atoms with Crippen LogP contribution in [0.1, 0.15) is 30.9 Å². The largest absolute Gasteiger partial charge is 0.466 e. The highest BCUT2D eigenvalue weighted by Gasteiger charge is 2.18. The molecule has 0 amide bonds. The molecule has 0 N–H and O–H groups in total. The van der Waals surface area contributed by atoms with Crippen LogP contribution < -0.4 is 0 Å². The molecule has 0 fully saturated rings. The summed E-state index contributed by atoms with van der Waals surface area (Å²) < 4.78 is 4.91. The average molecular weight is 203 g/mol. The summed E-state index contributed by atoms with van der Waals surface area (Å²) in [5.74, 6) is -0.680. The number of nitrogens with zero attached hydrogens (tertiary/aromatic N) is 1. The van der Waals surface area contributed by atoms with E-state index < -0.39 is 0 Å². The molecular formula is C12H13NO2. The highest BCUT2D eigenvalue weighted by atomic mass is 16.5. The lowest BCUT2D eigenvalue weighted by molar-refractivity contribution is -0.144. The molecule has 1 atom stereocenters. The zero-order chi connectivity index (χ0) is 11.3. The van der Waals surface area contributed by atoms with Gasteiger partial charge in [0.1, 0.15) is 0 Å². The summed E-state index contributed by atoms with van der Waals surface area (Å²) in [5, 5.41) is 8.88. The fraction of sp³-hybridized carbons (Fsp3) is 0.333. The van der Waals surface area contributed by atoms with E-state index in [1.165, 1.54) is 0 Å². The minimum atomic E-state index is -0.388. The third-order valence-electron chi connectivity index (χ3n) is 2.19. The van der Waals surface area contributed by atoms with Gasteiger partial charge >= 0.3 is 5.97 Å². The number of benzene rings is 1. The van der Waals surface area contributed by atoms with E-state index in [2.05, 4.69) is 6.07 Å². The van der Waals surface area contributed by atoms with Gasteiger partial charge in [0.2, 0.25) is 0 Å². The van der Waals surface area contributed by atoms with Gasteiger partial charge in [-0.05, 0) is 25.5 Å². The molecule has 3 nitrogen and oxygen atoms in total. The van der Waals surface area contributed by atoms with Crippen LogP contribution in [0.15, 0.2) is 24.3 Å². The van der Waals surface area contributed by atoms with E-state index >= 15 is 0 Å². The second-order valence-corrected chi connectivity index (χ2v) is 3.17. The van der Waals surface area contributed by atoms with Crippen molar-refractivity contribution < 1.29 is 9.53 Å². The molecule has 1 aromatic carbocycles. The van der Waals surface area contributed by atoms with Crippen molar-refractivity contribution in [2.24, 2.45) is 0 Å². The molecule has 0 saturated heterocycles. The predicted octanol–water partition coefficient (Wildman–Crippen LogP) is 2.22. The van der Waals surface area contributed by atoms with Gasteiger partial charge < -0.3 is 4.74 Å². The van der Waals surface area contributed by atoms with Gasteiger partial charge in [-0.1, -0.05) is 18.2 Å². The lowest BCUT2D eigenvalue weighted by atomic mass is 9.96. The topological polar surface area (TPSA) is 50.1 Å². The third-order valence-corrected chi connectivity index (χ3v) is 2.19. The minimum Gasteiger partial charge on any atom is -0.466 e. The summed E-state index contributed by atoms with van der Waals surface area (Å²) in [6.45, 7) is 3.87. The van der Waals surface area contributed by atoms with Gasteiger partial charge in [-0.2, -0.15) is 5.26 Å². The molecule has 0 aliphatic heterocycles. The molecule has 1 rings (SSSR count). The van der Waals surface area contributed by atoms with Crippen molar-refractivity contribution >= 4 is 5.97 Å². The van der Waals surface area contributed by atoms with E-state index in [9.17, 15) is 4.79 Å². The quantitative estimate of drug-likeness (QED) is 0.708. The fourth-order valence-electron chi connectivity index (χ4n) is 1.37. The van der Waals surface area contributed by atoms with Crippen LogP contribution in [0.5, 0.6) is 0 Å². The van der Waals surface area contributed by atoms with Crippen molar-refractivity contribution in [3.8, 4) is 6.07 Å². The van der Waals surface area contributed by atoms with Gasteiger partial charge in [0.05, 0.1) is 24.2 Å². The molecule has 78 valence electrons. The van der Waals surface area contributed by atoms with Crippen LogP contribution in [-0.4, -0.2) is 12.6 Å². The Labute approximate surface area is 89.3 Å². The molecule has 0 saturated carbocycles. The van der Waals surface area contributed by atoms with Crippen molar-refractivity contribution in [1.29, 1.82) is 5.26 Å². The maximum absolute atomic E-state index is 11.5. The zero-order valence-electron chi connectivity index (χ0n) is 8.86. The maximum atomic E-state index is 11.5. The average Bonchev–Trinajstić information content (AvgIpc) is 2.28. The van der Waals surface area contributed by atoms with Gasteiger partial charge in [0, 0.05) is 0 Å². The number of hydrogen-bond acceptors (Lipinski definition) is 3. The second kappa shape index (κ2) is 5.16. The van der Waals surface area contributed by atoms with E-state index in [0.717, 1.165) is 5.56 Å². The van der Waals surface area contributed by atoms with E-state index in [1.54, 1.807) is 32.0 Å². The molecular weight excluding hydrogens is 190 g/mol. The molecule has 0 aliphatic carbocycles. The number of ether oxygens (including phenoxy) is 1. The molecule has 15 heavy (non-hydrogen) atoms. The first-order valence-corrected chi connectivity index (χ1v) is 4.86. The van der Waals surface area contributed by atoms with E-state index in [4.69, 9.17) is 10.00 Å². The maximum Gasteiger partial charge on any atom is 0.313 e. The molecule has 0 aromatic heterocycles. The van der Waals surface area contributed by atoms with Crippen molar-refractivity contribution in [1.82, 2.24) is 0 Å². The molecule has 0 unspecified atom stereocenters. The molecule has 0 radical (unpaired) electrons. The summed E-state index contributed by atoms with van der Waals surface area (Å²) in [6.07, 6.45) is 0. The van der Waals surface area contributed by atoms with Crippen LogP contribution in [0.25, 0.3) is 0 Å². The molecule has 1 aromatic rings. The van der Waals surface area contributed by atoms with Gasteiger partial charge in [0.15, 0.2) is 0 Å². The second-order valence-electron chi connectivity index (χ2n) is 3.17. The van der Waals surface area contributed by atoms with Crippen LogP contribution in [-0.2, 0) is 9.53 Å². The Bertz CT molecular complexity index is 393. The monoisotopic (exact) mass is 203 g/mol. The Morgan fingerprint density at radius 3 is 2.80 bits per heavy atom. The minimum absolute atomic E-state index is 0.291. The highest BCUT2D eigenvalue weighted by molar-refractivity contribution is 5.78. The van der Waals surface area contributed by atoms with Crippen molar-refractivity contribution in [3.63, 3.8) is 0 Å². The normalized spacial score (nSPS) is 11.5. The first-order valence-electron chi connectivity index (χ1n) is 4.86. The Hall–Kier alpha value is -1.82. The molecule has 0 heterocycles. The lowest BCUT2D eigenvalue weighted by Gasteiger charge is -2.11. The smallest absolute Gasteiger partial charge is 0.313 e. The molecule has 0 bridgehead atoms. The summed E-state index contributed by atoms with van der Waals surface area (Å²) in [7, 11) is 0. The molecule has 0 spiro atoms. The number of esters is 1. The number of hydrogen-bond donors (Lipinski definition) is 0.